The molecule has 0 fully saturated rings. The Kier molecular flexibility index (Phi) is 4.13. The summed E-state index contributed by atoms with van der Waals surface area (Å²) in [6.07, 6.45) is -2.11. The van der Waals surface area contributed by atoms with Crippen molar-refractivity contribution in [2.75, 3.05) is 17.9 Å². The molecular weight excluding hydrogens is 466 g/mol. The number of nitrogens with zero attached hydrogens (tertiary/aromatic N) is 5. The first-order valence-corrected chi connectivity index (χ1v) is 8.40. The molecule has 7 nitrogen and oxygen atoms in total. The monoisotopic (exact) mass is 487 g/mol. The Labute approximate surface area is 179 Å². The van der Waals surface area contributed by atoms with Crippen LogP contribution in [0.4, 0.5) is 22.7 Å². The van der Waals surface area contributed by atoms with Crippen LogP contribution in [0, 0.1) is 21.4 Å². The third-order valence-corrected chi connectivity index (χ3v) is 4.16. The number of hydrogen-bond donors (Lipinski definition) is 0. The molecule has 0 radical (unpaired) electrons. The maximum absolute atomic E-state index is 10.9. The molecule has 1 unspecified atom stereocenters. The maximum Gasteiger partial charge on any atom is 0.271 e. The predicted octanol–water partition coefficient (Wildman–Crippen LogP) is 6.28. The van der Waals surface area contributed by atoms with E-state index in [4.69, 9.17) is 16.2 Å². The van der Waals surface area contributed by atoms with Gasteiger partial charge >= 0.3 is 0 Å². The molecule has 0 aromatic heterocycles. The van der Waals surface area contributed by atoms with Gasteiger partial charge < -0.3 is 4.90 Å². The number of nitriles is 1. The highest BCUT2D eigenvalue weighted by Crippen LogP contribution is 2.38. The van der Waals surface area contributed by atoms with E-state index in [0.717, 1.165) is 0 Å². The average molecular weight is 489 g/mol. The van der Waals surface area contributed by atoms with Crippen molar-refractivity contribution >= 4 is 54.6 Å². The van der Waals surface area contributed by atoms with Gasteiger partial charge in [-0.15, -0.1) is 5.11 Å². The van der Waals surface area contributed by atoms with E-state index in [1.165, 1.54) is 42.5 Å². The normalized spacial score (nSPS) is 18.0. The summed E-state index contributed by atoms with van der Waals surface area (Å²) in [5.41, 5.74) is 0.0382. The summed E-state index contributed by atoms with van der Waals surface area (Å²) in [6, 6.07) is 8.81. The topological polar surface area (TPSA) is 94.9 Å². The third-order valence-electron chi connectivity index (χ3n) is 2.96. The highest BCUT2D eigenvalue weighted by molar-refractivity contribution is 9.11. The first-order valence-electron chi connectivity index (χ1n) is 10.9. The fraction of sp³-hybridized carbons (Fsp3) is 0.235. The Morgan fingerprint density at radius 3 is 2.50 bits per heavy atom. The summed E-state index contributed by atoms with van der Waals surface area (Å²) in [7, 11) is 0. The molecule has 0 heterocycles. The van der Waals surface area contributed by atoms with Crippen LogP contribution < -0.4 is 4.90 Å². The van der Waals surface area contributed by atoms with Crippen LogP contribution >= 0.6 is 31.9 Å². The minimum Gasteiger partial charge on any atom is -0.371 e. The molecule has 26 heavy (non-hydrogen) atoms. The summed E-state index contributed by atoms with van der Waals surface area (Å²) in [5, 5.41) is 27.9. The van der Waals surface area contributed by atoms with Gasteiger partial charge in [0, 0.05) is 39.0 Å². The molecule has 0 spiro atoms. The molecule has 0 amide bonds. The summed E-state index contributed by atoms with van der Waals surface area (Å²) in [6.45, 7) is -9.56. The van der Waals surface area contributed by atoms with E-state index in [9.17, 15) is 10.1 Å². The molecule has 0 bridgehead atoms. The minimum absolute atomic E-state index is 0.176. The standard InChI is InChI=1S/C17H15Br2N5O2/c1-2-23(9-3-8-20)13-6-4-12(5-7-13)21-22-17-15(18)10-14(24(25)26)11-16(17)19/h4-7,10-11H,2-3,9H2,1H3/i1D3,2D2,3D,9D2. The minimum atomic E-state index is -3.30. The van der Waals surface area contributed by atoms with E-state index >= 15 is 0 Å². The Balaban J connectivity index is 2.47. The van der Waals surface area contributed by atoms with Crippen LogP contribution in [0.15, 0.2) is 55.6 Å². The lowest BCUT2D eigenvalue weighted by Crippen LogP contribution is -2.23. The zero-order chi connectivity index (χ0) is 26.1. The van der Waals surface area contributed by atoms with Crippen LogP contribution in [-0.2, 0) is 0 Å². The molecule has 0 aliphatic heterocycles. The van der Waals surface area contributed by atoms with Crippen molar-refractivity contribution < 1.29 is 15.9 Å². The van der Waals surface area contributed by atoms with Crippen molar-refractivity contribution in [2.45, 2.75) is 13.2 Å². The number of non-ortho nitro benzene ring substituents is 1. The second kappa shape index (κ2) is 9.40. The molecule has 2 rings (SSSR count). The molecule has 0 saturated carbocycles. The average Bonchev–Trinajstić information content (AvgIpc) is 2.72. The van der Waals surface area contributed by atoms with Crippen molar-refractivity contribution in [3.05, 3.63) is 55.5 Å². The number of anilines is 1. The van der Waals surface area contributed by atoms with Gasteiger partial charge in [0.2, 0.25) is 0 Å². The van der Waals surface area contributed by atoms with E-state index in [1.54, 1.807) is 0 Å². The summed E-state index contributed by atoms with van der Waals surface area (Å²) < 4.78 is 63.0. The van der Waals surface area contributed by atoms with Crippen LogP contribution in [0.2, 0.25) is 0 Å². The molecule has 0 saturated heterocycles. The number of nitro groups is 1. The Hall–Kier alpha value is -2.31. The van der Waals surface area contributed by atoms with Gasteiger partial charge in [-0.1, -0.05) is 0 Å². The van der Waals surface area contributed by atoms with E-state index < -0.39 is 31.2 Å². The number of benzene rings is 2. The largest absolute Gasteiger partial charge is 0.371 e. The van der Waals surface area contributed by atoms with E-state index in [1.807, 2.05) is 0 Å². The van der Waals surface area contributed by atoms with Crippen LogP contribution in [0.1, 0.15) is 24.2 Å². The molecule has 9 heteroatoms. The molecule has 2 aromatic rings. The molecule has 1 atom stereocenters. The van der Waals surface area contributed by atoms with Gasteiger partial charge in [0.1, 0.15) is 5.69 Å². The fourth-order valence-corrected chi connectivity index (χ4v) is 3.11. The Morgan fingerprint density at radius 2 is 1.96 bits per heavy atom. The first kappa shape index (κ1) is 11.4. The fourth-order valence-electron chi connectivity index (χ4n) is 1.79. The number of hydrogen-bond acceptors (Lipinski definition) is 6. The number of rotatable bonds is 7. The summed E-state index contributed by atoms with van der Waals surface area (Å²) in [5.74, 6) is 0. The second-order valence-corrected chi connectivity index (χ2v) is 6.29. The van der Waals surface area contributed by atoms with Crippen LogP contribution in [0.3, 0.4) is 0 Å². The van der Waals surface area contributed by atoms with Gasteiger partial charge in [-0.25, -0.2) is 0 Å². The SMILES string of the molecule is [2H]C(C#N)C([2H])([2H])N(c1ccc(N=Nc2c(Br)cc([N+](=O)[O-])cc2Br)cc1)C([2H])([2H])C([2H])([2H])[2H]. The highest BCUT2D eigenvalue weighted by atomic mass is 79.9. The summed E-state index contributed by atoms with van der Waals surface area (Å²) >= 11 is 6.35. The van der Waals surface area contributed by atoms with Crippen molar-refractivity contribution in [3.8, 4) is 6.07 Å². The Morgan fingerprint density at radius 1 is 1.31 bits per heavy atom. The van der Waals surface area contributed by atoms with Crippen LogP contribution in [-0.4, -0.2) is 17.9 Å². The van der Waals surface area contributed by atoms with Crippen molar-refractivity contribution in [1.29, 1.82) is 5.26 Å². The van der Waals surface area contributed by atoms with Crippen molar-refractivity contribution in [2.24, 2.45) is 10.2 Å². The molecule has 0 aliphatic rings. The number of nitro benzene ring substituents is 1. The van der Waals surface area contributed by atoms with Crippen LogP contribution in [0.5, 0.6) is 0 Å². The summed E-state index contributed by atoms with van der Waals surface area (Å²) in [4.78, 5) is 10.6. The van der Waals surface area contributed by atoms with Gasteiger partial charge in [-0.2, -0.15) is 10.4 Å². The van der Waals surface area contributed by atoms with Gasteiger partial charge in [0.25, 0.3) is 5.69 Å². The first-order chi connectivity index (χ1) is 15.5. The van der Waals surface area contributed by atoms with E-state index in [0.29, 0.717) is 0 Å². The van der Waals surface area contributed by atoms with E-state index in [2.05, 4.69) is 42.1 Å². The van der Waals surface area contributed by atoms with Gasteiger partial charge in [0.15, 0.2) is 0 Å². The Bertz CT molecular complexity index is 1130. The lowest BCUT2D eigenvalue weighted by Gasteiger charge is -2.21. The van der Waals surface area contributed by atoms with E-state index in [-0.39, 0.29) is 36.6 Å². The van der Waals surface area contributed by atoms with Gasteiger partial charge in [-0.3, -0.25) is 10.1 Å². The third kappa shape index (κ3) is 5.09. The number of azo groups is 1. The van der Waals surface area contributed by atoms with Gasteiger partial charge in [0.05, 0.1) is 34.8 Å². The van der Waals surface area contributed by atoms with Crippen molar-refractivity contribution in [3.63, 3.8) is 0 Å². The predicted molar refractivity (Wildman–Crippen MR) is 107 cm³/mol. The van der Waals surface area contributed by atoms with Gasteiger partial charge in [-0.05, 0) is 63.0 Å². The zero-order valence-electron chi connectivity index (χ0n) is 20.8. The van der Waals surface area contributed by atoms with Crippen LogP contribution in [0.25, 0.3) is 0 Å². The molecule has 0 aliphatic carbocycles. The number of halogens is 2. The van der Waals surface area contributed by atoms with Crippen molar-refractivity contribution in [1.82, 2.24) is 0 Å². The highest BCUT2D eigenvalue weighted by Gasteiger charge is 2.13. The smallest absolute Gasteiger partial charge is 0.271 e. The second-order valence-electron chi connectivity index (χ2n) is 4.58. The lowest BCUT2D eigenvalue weighted by molar-refractivity contribution is -0.385. The molecule has 0 N–H and O–H groups in total. The lowest BCUT2D eigenvalue weighted by atomic mass is 10.2. The maximum atomic E-state index is 10.9. The zero-order valence-corrected chi connectivity index (χ0v) is 16.0. The molecule has 134 valence electrons. The molecular formula is C17H15Br2N5O2. The quantitative estimate of drug-likeness (QED) is 0.260. The molecule has 2 aromatic carbocycles.